The van der Waals surface area contributed by atoms with Crippen molar-refractivity contribution in [3.63, 3.8) is 0 Å². The third kappa shape index (κ3) is 4.92. The first-order chi connectivity index (χ1) is 11.6. The fourth-order valence-electron chi connectivity index (χ4n) is 3.52. The van der Waals surface area contributed by atoms with Crippen molar-refractivity contribution in [2.24, 2.45) is 11.3 Å². The number of rotatable bonds is 6. The van der Waals surface area contributed by atoms with Crippen LogP contribution in [0.5, 0.6) is 0 Å². The minimum Gasteiger partial charge on any atom is -0.356 e. The normalized spacial score (nSPS) is 20.4. The number of halogens is 2. The van der Waals surface area contributed by atoms with Crippen molar-refractivity contribution in [3.05, 3.63) is 35.6 Å². The van der Waals surface area contributed by atoms with Crippen molar-refractivity contribution in [2.75, 3.05) is 26.2 Å². The standard InChI is InChI=1S/C18H24FN3O2.ClH/c19-14-4-2-13(3-5-14)16(23)21-8-1-9-22-17(24)15-12-18(15)6-10-20-11-7-18;/h2-5,15,20H,1,6-12H2,(H,21,23)(H,22,24);1H. The Morgan fingerprint density at radius 2 is 1.76 bits per heavy atom. The molecule has 0 radical (unpaired) electrons. The number of carbonyl (C=O) groups is 2. The van der Waals surface area contributed by atoms with Gasteiger partial charge in [0.1, 0.15) is 5.82 Å². The quantitative estimate of drug-likeness (QED) is 0.670. The summed E-state index contributed by atoms with van der Waals surface area (Å²) in [5.74, 6) is -0.256. The molecule has 1 saturated carbocycles. The fraction of sp³-hybridized carbons (Fsp3) is 0.556. The van der Waals surface area contributed by atoms with Gasteiger partial charge in [0.2, 0.25) is 5.91 Å². The van der Waals surface area contributed by atoms with Gasteiger partial charge in [-0.25, -0.2) is 4.39 Å². The smallest absolute Gasteiger partial charge is 0.251 e. The molecule has 0 aromatic heterocycles. The Morgan fingerprint density at radius 1 is 1.12 bits per heavy atom. The van der Waals surface area contributed by atoms with Crippen LogP contribution in [-0.2, 0) is 4.79 Å². The van der Waals surface area contributed by atoms with Gasteiger partial charge in [-0.2, -0.15) is 0 Å². The molecule has 1 aromatic carbocycles. The highest BCUT2D eigenvalue weighted by molar-refractivity contribution is 5.94. The largest absolute Gasteiger partial charge is 0.356 e. The number of hydrogen-bond acceptors (Lipinski definition) is 3. The lowest BCUT2D eigenvalue weighted by atomic mass is 9.92. The van der Waals surface area contributed by atoms with Crippen molar-refractivity contribution in [2.45, 2.75) is 25.7 Å². The van der Waals surface area contributed by atoms with Crippen LogP contribution in [-0.4, -0.2) is 38.0 Å². The highest BCUT2D eigenvalue weighted by atomic mass is 35.5. The Labute approximate surface area is 153 Å². The lowest BCUT2D eigenvalue weighted by molar-refractivity contribution is -0.123. The summed E-state index contributed by atoms with van der Waals surface area (Å²) in [6.45, 7) is 3.07. The van der Waals surface area contributed by atoms with Crippen LogP contribution in [0.2, 0.25) is 0 Å². The molecule has 3 rings (SSSR count). The van der Waals surface area contributed by atoms with Gasteiger partial charge in [-0.3, -0.25) is 9.59 Å². The molecule has 1 aliphatic heterocycles. The Bertz CT molecular complexity index is 603. The molecule has 1 unspecified atom stereocenters. The van der Waals surface area contributed by atoms with Crippen LogP contribution in [0.1, 0.15) is 36.0 Å². The average molecular weight is 370 g/mol. The van der Waals surface area contributed by atoms with E-state index in [9.17, 15) is 14.0 Å². The Morgan fingerprint density at radius 3 is 2.44 bits per heavy atom. The van der Waals surface area contributed by atoms with Crippen LogP contribution < -0.4 is 16.0 Å². The zero-order chi connectivity index (χ0) is 17.0. The predicted octanol–water partition coefficient (Wildman–Crippen LogP) is 1.87. The van der Waals surface area contributed by atoms with E-state index in [2.05, 4.69) is 16.0 Å². The molecule has 1 aliphatic carbocycles. The first-order valence-corrected chi connectivity index (χ1v) is 8.63. The zero-order valence-electron chi connectivity index (χ0n) is 14.1. The molecule has 2 amide bonds. The molecule has 1 atom stereocenters. The number of hydrogen-bond donors (Lipinski definition) is 3. The summed E-state index contributed by atoms with van der Waals surface area (Å²) in [6.07, 6.45) is 3.89. The van der Waals surface area contributed by atoms with Crippen molar-refractivity contribution < 1.29 is 14.0 Å². The molecular weight excluding hydrogens is 345 g/mol. The van der Waals surface area contributed by atoms with E-state index in [0.717, 1.165) is 32.4 Å². The van der Waals surface area contributed by atoms with E-state index in [0.29, 0.717) is 25.1 Å². The number of nitrogens with one attached hydrogen (secondary N) is 3. The minimum absolute atomic E-state index is 0. The summed E-state index contributed by atoms with van der Waals surface area (Å²) in [6, 6.07) is 5.44. The van der Waals surface area contributed by atoms with Crippen LogP contribution >= 0.6 is 12.4 Å². The monoisotopic (exact) mass is 369 g/mol. The van der Waals surface area contributed by atoms with Crippen molar-refractivity contribution in [1.29, 1.82) is 0 Å². The van der Waals surface area contributed by atoms with Crippen LogP contribution in [0.15, 0.2) is 24.3 Å². The average Bonchev–Trinajstić information content (AvgIpc) is 3.28. The van der Waals surface area contributed by atoms with Crippen LogP contribution in [0.25, 0.3) is 0 Å². The molecule has 3 N–H and O–H groups in total. The third-order valence-corrected chi connectivity index (χ3v) is 5.15. The second kappa shape index (κ2) is 8.63. The molecule has 2 aliphatic rings. The van der Waals surface area contributed by atoms with Gasteiger partial charge in [0.15, 0.2) is 0 Å². The van der Waals surface area contributed by atoms with Crippen molar-refractivity contribution in [1.82, 2.24) is 16.0 Å². The second-order valence-corrected chi connectivity index (χ2v) is 6.78. The second-order valence-electron chi connectivity index (χ2n) is 6.78. The maximum absolute atomic E-state index is 12.8. The Balaban J connectivity index is 0.00000225. The highest BCUT2D eigenvalue weighted by Gasteiger charge is 2.57. The van der Waals surface area contributed by atoms with Gasteiger partial charge in [-0.1, -0.05) is 0 Å². The van der Waals surface area contributed by atoms with E-state index in [1.165, 1.54) is 24.3 Å². The predicted molar refractivity (Wildman–Crippen MR) is 96.3 cm³/mol. The van der Waals surface area contributed by atoms with Gasteiger partial charge < -0.3 is 16.0 Å². The molecule has 138 valence electrons. The number of piperidine rings is 1. The molecule has 1 saturated heterocycles. The van der Waals surface area contributed by atoms with E-state index >= 15 is 0 Å². The molecule has 7 heteroatoms. The maximum Gasteiger partial charge on any atom is 0.251 e. The van der Waals surface area contributed by atoms with Crippen LogP contribution in [0, 0.1) is 17.2 Å². The van der Waals surface area contributed by atoms with Gasteiger partial charge in [0, 0.05) is 24.6 Å². The Kier molecular flexibility index (Phi) is 6.79. The number of amides is 2. The van der Waals surface area contributed by atoms with Gasteiger partial charge in [-0.15, -0.1) is 12.4 Å². The topological polar surface area (TPSA) is 70.2 Å². The summed E-state index contributed by atoms with van der Waals surface area (Å²) in [7, 11) is 0. The van der Waals surface area contributed by atoms with Gasteiger partial charge in [0.05, 0.1) is 0 Å². The first-order valence-electron chi connectivity index (χ1n) is 8.63. The van der Waals surface area contributed by atoms with Crippen LogP contribution in [0.3, 0.4) is 0 Å². The number of benzene rings is 1. The first kappa shape index (κ1) is 19.7. The molecule has 5 nitrogen and oxygen atoms in total. The summed E-state index contributed by atoms with van der Waals surface area (Å²) in [5.41, 5.74) is 0.692. The SMILES string of the molecule is Cl.O=C(NCCCNC(=O)C1CC12CCNCC2)c1ccc(F)cc1. The molecular formula is C18H25ClFN3O2. The van der Waals surface area contributed by atoms with Crippen LogP contribution in [0.4, 0.5) is 4.39 Å². The van der Waals surface area contributed by atoms with Crippen molar-refractivity contribution in [3.8, 4) is 0 Å². The molecule has 1 aromatic rings. The highest BCUT2D eigenvalue weighted by Crippen LogP contribution is 2.58. The lowest BCUT2D eigenvalue weighted by Crippen LogP contribution is -2.34. The summed E-state index contributed by atoms with van der Waals surface area (Å²) < 4.78 is 12.8. The Hall–Kier alpha value is -1.66. The molecule has 1 heterocycles. The molecule has 1 spiro atoms. The number of carbonyl (C=O) groups excluding carboxylic acids is 2. The fourth-order valence-corrected chi connectivity index (χ4v) is 3.52. The minimum atomic E-state index is -0.360. The van der Waals surface area contributed by atoms with E-state index in [-0.39, 0.29) is 41.4 Å². The van der Waals surface area contributed by atoms with E-state index in [4.69, 9.17) is 0 Å². The van der Waals surface area contributed by atoms with Gasteiger partial charge >= 0.3 is 0 Å². The van der Waals surface area contributed by atoms with Gasteiger partial charge in [0.25, 0.3) is 5.91 Å². The van der Waals surface area contributed by atoms with Gasteiger partial charge in [-0.05, 0) is 68.5 Å². The summed E-state index contributed by atoms with van der Waals surface area (Å²) >= 11 is 0. The molecule has 25 heavy (non-hydrogen) atoms. The van der Waals surface area contributed by atoms with E-state index < -0.39 is 0 Å². The molecule has 2 fully saturated rings. The lowest BCUT2D eigenvalue weighted by Gasteiger charge is -2.23. The summed E-state index contributed by atoms with van der Waals surface area (Å²) in [5, 5.41) is 9.08. The maximum atomic E-state index is 12.8. The molecule has 0 bridgehead atoms. The summed E-state index contributed by atoms with van der Waals surface area (Å²) in [4.78, 5) is 24.0. The van der Waals surface area contributed by atoms with E-state index in [1.54, 1.807) is 0 Å². The zero-order valence-corrected chi connectivity index (χ0v) is 15.0. The van der Waals surface area contributed by atoms with E-state index in [1.807, 2.05) is 0 Å². The third-order valence-electron chi connectivity index (χ3n) is 5.15. The van der Waals surface area contributed by atoms with Crippen molar-refractivity contribution >= 4 is 24.2 Å².